The quantitative estimate of drug-likeness (QED) is 0.729. The number of rotatable bonds is 2. The molecule has 0 bridgehead atoms. The van der Waals surface area contributed by atoms with Crippen molar-refractivity contribution in [1.82, 2.24) is 0 Å². The average Bonchev–Trinajstić information content (AvgIpc) is 1.82. The van der Waals surface area contributed by atoms with Crippen LogP contribution in [0.15, 0.2) is 0 Å². The molecule has 0 rings (SSSR count). The van der Waals surface area contributed by atoms with Gasteiger partial charge in [0.15, 0.2) is 6.10 Å². The first-order chi connectivity index (χ1) is 5.55. The predicted molar refractivity (Wildman–Crippen MR) is 38.0 cm³/mol. The summed E-state index contributed by atoms with van der Waals surface area (Å²) in [7, 11) is 0. The number of halogens is 7. The zero-order valence-corrected chi connectivity index (χ0v) is 7.38. The Balaban J connectivity index is 0. The monoisotopic (exact) mass is 247 g/mol. The maximum absolute atomic E-state index is 11.6. The molecule has 0 aliphatic heterocycles. The largest absolute Gasteiger partial charge is 0.414 e. The van der Waals surface area contributed by atoms with E-state index in [0.717, 1.165) is 0 Å². The van der Waals surface area contributed by atoms with Gasteiger partial charge in [-0.25, -0.2) is 0 Å². The molecule has 0 radical (unpaired) electrons. The third-order valence-electron chi connectivity index (χ3n) is 1.28. The van der Waals surface area contributed by atoms with Crippen LogP contribution in [0.2, 0.25) is 0 Å². The fourth-order valence-corrected chi connectivity index (χ4v) is 0.508. The Morgan fingerprint density at radius 2 is 1.36 bits per heavy atom. The minimum absolute atomic E-state index is 0. The molecular weight excluding hydrogens is 240 g/mol. The zero-order valence-electron chi connectivity index (χ0n) is 6.56. The number of aliphatic hydroxyl groups excluding tert-OH is 1. The van der Waals surface area contributed by atoms with E-state index in [-0.39, 0.29) is 12.4 Å². The highest BCUT2D eigenvalue weighted by atomic mass is 35.5. The topological polar surface area (TPSA) is 46.2 Å². The summed E-state index contributed by atoms with van der Waals surface area (Å²) in [6, 6.07) is -2.66. The first-order valence-electron chi connectivity index (χ1n) is 3.12. The van der Waals surface area contributed by atoms with Crippen LogP contribution in [0.4, 0.5) is 26.3 Å². The van der Waals surface area contributed by atoms with Crippen molar-refractivity contribution in [3.05, 3.63) is 0 Å². The second-order valence-corrected chi connectivity index (χ2v) is 2.44. The maximum Gasteiger partial charge on any atom is 0.414 e. The van der Waals surface area contributed by atoms with E-state index in [2.05, 4.69) is 5.73 Å². The van der Waals surface area contributed by atoms with Crippen molar-refractivity contribution >= 4 is 12.4 Å². The maximum atomic E-state index is 11.6. The second-order valence-electron chi connectivity index (χ2n) is 2.44. The van der Waals surface area contributed by atoms with Crippen molar-refractivity contribution in [2.24, 2.45) is 5.73 Å². The molecule has 0 saturated heterocycles. The van der Waals surface area contributed by atoms with Gasteiger partial charge in [-0.1, -0.05) is 0 Å². The minimum atomic E-state index is -5.07. The summed E-state index contributed by atoms with van der Waals surface area (Å²) >= 11 is 0. The molecule has 9 heteroatoms. The molecule has 0 amide bonds. The summed E-state index contributed by atoms with van der Waals surface area (Å²) in [6.07, 6.45) is -14.6. The Labute approximate surface area is 81.5 Å². The molecule has 0 unspecified atom stereocenters. The molecule has 0 aliphatic carbocycles. The van der Waals surface area contributed by atoms with Crippen molar-refractivity contribution < 1.29 is 31.4 Å². The number of nitrogens with two attached hydrogens (primary N) is 1. The van der Waals surface area contributed by atoms with Crippen LogP contribution in [-0.2, 0) is 0 Å². The molecule has 0 aromatic heterocycles. The molecule has 2 atom stereocenters. The Morgan fingerprint density at radius 3 is 1.57 bits per heavy atom. The summed E-state index contributed by atoms with van der Waals surface area (Å²) in [6.45, 7) is 0. The molecule has 0 fully saturated rings. The van der Waals surface area contributed by atoms with Crippen LogP contribution in [0.5, 0.6) is 0 Å². The molecule has 14 heavy (non-hydrogen) atoms. The van der Waals surface area contributed by atoms with E-state index in [0.29, 0.717) is 0 Å². The fourth-order valence-electron chi connectivity index (χ4n) is 0.508. The van der Waals surface area contributed by atoms with Crippen molar-refractivity contribution in [1.29, 1.82) is 0 Å². The lowest BCUT2D eigenvalue weighted by atomic mass is 10.1. The van der Waals surface area contributed by atoms with Gasteiger partial charge >= 0.3 is 12.4 Å². The molecule has 0 aliphatic rings. The van der Waals surface area contributed by atoms with Gasteiger partial charge in [0.2, 0.25) is 0 Å². The number of alkyl halides is 6. The smallest absolute Gasteiger partial charge is 0.384 e. The normalized spacial score (nSPS) is 17.1. The van der Waals surface area contributed by atoms with Crippen molar-refractivity contribution in [2.75, 3.05) is 0 Å². The summed E-state index contributed by atoms with van der Waals surface area (Å²) < 4.78 is 69.4. The van der Waals surface area contributed by atoms with Crippen molar-refractivity contribution in [3.8, 4) is 0 Å². The van der Waals surface area contributed by atoms with Crippen molar-refractivity contribution in [3.63, 3.8) is 0 Å². The highest BCUT2D eigenvalue weighted by Crippen LogP contribution is 2.28. The number of aliphatic hydroxyl groups is 1. The highest BCUT2D eigenvalue weighted by Gasteiger charge is 2.45. The van der Waals surface area contributed by atoms with Crippen LogP contribution < -0.4 is 5.73 Å². The van der Waals surface area contributed by atoms with Gasteiger partial charge in [-0.05, 0) is 0 Å². The number of hydrogen-bond acceptors (Lipinski definition) is 2. The molecule has 3 N–H and O–H groups in total. The molecule has 2 nitrogen and oxygen atoms in total. The Morgan fingerprint density at radius 1 is 1.00 bits per heavy atom. The average molecular weight is 248 g/mol. The minimum Gasteiger partial charge on any atom is -0.384 e. The van der Waals surface area contributed by atoms with Crippen LogP contribution in [-0.4, -0.2) is 29.6 Å². The lowest BCUT2D eigenvalue weighted by Crippen LogP contribution is -2.43. The van der Waals surface area contributed by atoms with Gasteiger partial charge in [-0.2, -0.15) is 26.3 Å². The molecule has 0 aromatic rings. The van der Waals surface area contributed by atoms with Gasteiger partial charge in [0, 0.05) is 6.42 Å². The zero-order chi connectivity index (χ0) is 10.9. The second kappa shape index (κ2) is 5.04. The summed E-state index contributed by atoms with van der Waals surface area (Å²) in [5.41, 5.74) is 4.36. The third kappa shape index (κ3) is 5.51. The van der Waals surface area contributed by atoms with Crippen LogP contribution in [0.3, 0.4) is 0 Å². The van der Waals surface area contributed by atoms with Crippen LogP contribution in [0, 0.1) is 0 Å². The Hall–Kier alpha value is -0.210. The summed E-state index contributed by atoms with van der Waals surface area (Å²) in [5.74, 6) is 0. The molecule has 0 aromatic carbocycles. The summed E-state index contributed by atoms with van der Waals surface area (Å²) in [5, 5.41) is 8.21. The summed E-state index contributed by atoms with van der Waals surface area (Å²) in [4.78, 5) is 0. The lowest BCUT2D eigenvalue weighted by Gasteiger charge is -2.20. The predicted octanol–water partition coefficient (Wildman–Crippen LogP) is 1.61. The Kier molecular flexibility index (Phi) is 5.84. The molecule has 88 valence electrons. The van der Waals surface area contributed by atoms with Gasteiger partial charge in [-0.3, -0.25) is 0 Å². The molecule has 0 spiro atoms. The third-order valence-corrected chi connectivity index (χ3v) is 1.28. The standard InChI is InChI=1S/C5H7F6NO.ClH/c6-4(7,8)2(12)1-3(13)5(9,10)11;/h2-3,13H,1,12H2;1H/t2-,3+;/m0./s1. The highest BCUT2D eigenvalue weighted by molar-refractivity contribution is 5.85. The molecule has 0 saturated carbocycles. The van der Waals surface area contributed by atoms with Gasteiger partial charge in [-0.15, -0.1) is 12.4 Å². The van der Waals surface area contributed by atoms with Gasteiger partial charge in [0.05, 0.1) is 0 Å². The molecule has 0 heterocycles. The van der Waals surface area contributed by atoms with Gasteiger partial charge < -0.3 is 10.8 Å². The van der Waals surface area contributed by atoms with Crippen LogP contribution in [0.1, 0.15) is 6.42 Å². The van der Waals surface area contributed by atoms with E-state index in [1.54, 1.807) is 0 Å². The van der Waals surface area contributed by atoms with Gasteiger partial charge in [0.1, 0.15) is 6.04 Å². The van der Waals surface area contributed by atoms with E-state index in [9.17, 15) is 26.3 Å². The van der Waals surface area contributed by atoms with Crippen LogP contribution >= 0.6 is 12.4 Å². The van der Waals surface area contributed by atoms with E-state index >= 15 is 0 Å². The molecular formula is C5H8ClF6NO. The van der Waals surface area contributed by atoms with Crippen molar-refractivity contribution in [2.45, 2.75) is 30.9 Å². The van der Waals surface area contributed by atoms with E-state index in [4.69, 9.17) is 5.11 Å². The SMILES string of the molecule is Cl.N[C@@H](C[C@@H](O)C(F)(F)F)C(F)(F)F. The van der Waals surface area contributed by atoms with E-state index < -0.39 is 30.9 Å². The van der Waals surface area contributed by atoms with Crippen LogP contribution in [0.25, 0.3) is 0 Å². The number of hydrogen-bond donors (Lipinski definition) is 2. The van der Waals surface area contributed by atoms with Gasteiger partial charge in [0.25, 0.3) is 0 Å². The van der Waals surface area contributed by atoms with E-state index in [1.807, 2.05) is 0 Å². The Bertz CT molecular complexity index is 151. The lowest BCUT2D eigenvalue weighted by molar-refractivity contribution is -0.219. The fraction of sp³-hybridized carbons (Fsp3) is 1.00. The first kappa shape index (κ1) is 16.2. The van der Waals surface area contributed by atoms with E-state index in [1.165, 1.54) is 0 Å². The first-order valence-corrected chi connectivity index (χ1v) is 3.12.